The Morgan fingerprint density at radius 3 is 2.83 bits per heavy atom. The maximum Gasteiger partial charge on any atom is 0.224 e. The SMILES string of the molecule is Cc1cc(C)c2nc(N3CCCC(C(=O)NCCCN4CCCCC4)C3)sc2c1. The Balaban J connectivity index is 1.29. The van der Waals surface area contributed by atoms with Crippen molar-refractivity contribution in [2.24, 2.45) is 5.92 Å². The quantitative estimate of drug-likeness (QED) is 0.723. The van der Waals surface area contributed by atoms with Gasteiger partial charge >= 0.3 is 0 Å². The van der Waals surface area contributed by atoms with Gasteiger partial charge in [-0.05, 0) is 82.8 Å². The van der Waals surface area contributed by atoms with E-state index < -0.39 is 0 Å². The van der Waals surface area contributed by atoms with Gasteiger partial charge < -0.3 is 15.1 Å². The number of carbonyl (C=O) groups excluding carboxylic acids is 1. The molecule has 1 atom stereocenters. The minimum absolute atomic E-state index is 0.0774. The van der Waals surface area contributed by atoms with Crippen molar-refractivity contribution in [1.82, 2.24) is 15.2 Å². The third-order valence-electron chi connectivity index (χ3n) is 6.28. The zero-order valence-electron chi connectivity index (χ0n) is 17.9. The summed E-state index contributed by atoms with van der Waals surface area (Å²) in [5, 5.41) is 4.26. The number of hydrogen-bond acceptors (Lipinski definition) is 5. The molecule has 1 amide bonds. The lowest BCUT2D eigenvalue weighted by Gasteiger charge is -2.32. The third-order valence-corrected chi connectivity index (χ3v) is 7.34. The smallest absolute Gasteiger partial charge is 0.224 e. The summed E-state index contributed by atoms with van der Waals surface area (Å²) < 4.78 is 1.25. The average Bonchev–Trinajstić information content (AvgIpc) is 3.16. The van der Waals surface area contributed by atoms with E-state index in [0.717, 1.165) is 56.1 Å². The van der Waals surface area contributed by atoms with Gasteiger partial charge in [-0.2, -0.15) is 0 Å². The van der Waals surface area contributed by atoms with Crippen molar-refractivity contribution in [2.75, 3.05) is 44.2 Å². The van der Waals surface area contributed by atoms with Crippen molar-refractivity contribution in [3.05, 3.63) is 23.3 Å². The van der Waals surface area contributed by atoms with E-state index >= 15 is 0 Å². The van der Waals surface area contributed by atoms with Gasteiger partial charge in [-0.15, -0.1) is 0 Å². The Morgan fingerprint density at radius 2 is 2.00 bits per heavy atom. The van der Waals surface area contributed by atoms with Gasteiger partial charge in [0.15, 0.2) is 5.13 Å². The molecule has 2 aliphatic heterocycles. The van der Waals surface area contributed by atoms with Gasteiger partial charge in [0.05, 0.1) is 16.1 Å². The molecule has 2 aliphatic rings. The molecule has 1 N–H and O–H groups in total. The van der Waals surface area contributed by atoms with Gasteiger partial charge in [0.1, 0.15) is 0 Å². The van der Waals surface area contributed by atoms with Crippen LogP contribution in [-0.2, 0) is 4.79 Å². The fourth-order valence-corrected chi connectivity index (χ4v) is 5.88. The normalized spacial score (nSPS) is 20.9. The van der Waals surface area contributed by atoms with Gasteiger partial charge in [0, 0.05) is 19.6 Å². The van der Waals surface area contributed by atoms with Crippen LogP contribution in [0.1, 0.15) is 49.7 Å². The molecule has 4 rings (SSSR count). The second-order valence-corrected chi connectivity index (χ2v) is 9.77. The molecule has 3 heterocycles. The molecular formula is C23H34N4OS. The number of nitrogens with one attached hydrogen (secondary N) is 1. The molecule has 0 saturated carbocycles. The molecule has 2 saturated heterocycles. The van der Waals surface area contributed by atoms with Gasteiger partial charge in [0.2, 0.25) is 5.91 Å². The lowest BCUT2D eigenvalue weighted by molar-refractivity contribution is -0.125. The molecule has 6 heteroatoms. The van der Waals surface area contributed by atoms with E-state index in [1.807, 2.05) is 0 Å². The number of likely N-dealkylation sites (tertiary alicyclic amines) is 1. The fraction of sp³-hybridized carbons (Fsp3) is 0.652. The Labute approximate surface area is 178 Å². The Kier molecular flexibility index (Phi) is 6.70. The highest BCUT2D eigenvalue weighted by molar-refractivity contribution is 7.22. The molecule has 2 aromatic rings. The monoisotopic (exact) mass is 414 g/mol. The standard InChI is InChI=1S/C23H34N4OS/c1-17-14-18(2)21-20(15-17)29-23(25-21)27-13-6-8-19(16-27)22(28)24-9-7-12-26-10-4-3-5-11-26/h14-15,19H,3-13,16H2,1-2H3,(H,24,28). The Morgan fingerprint density at radius 1 is 1.17 bits per heavy atom. The topological polar surface area (TPSA) is 48.5 Å². The van der Waals surface area contributed by atoms with Crippen molar-refractivity contribution in [3.63, 3.8) is 0 Å². The van der Waals surface area contributed by atoms with Crippen molar-refractivity contribution in [2.45, 2.75) is 52.4 Å². The Bertz CT molecular complexity index is 843. The van der Waals surface area contributed by atoms with Crippen molar-refractivity contribution in [3.8, 4) is 0 Å². The molecule has 29 heavy (non-hydrogen) atoms. The number of amides is 1. The van der Waals surface area contributed by atoms with Crippen LogP contribution in [0.2, 0.25) is 0 Å². The maximum atomic E-state index is 12.7. The average molecular weight is 415 g/mol. The lowest BCUT2D eigenvalue weighted by Crippen LogP contribution is -2.43. The highest BCUT2D eigenvalue weighted by atomic mass is 32.1. The number of fused-ring (bicyclic) bond motifs is 1. The van der Waals surface area contributed by atoms with Crippen LogP contribution in [-0.4, -0.2) is 55.1 Å². The van der Waals surface area contributed by atoms with E-state index in [1.54, 1.807) is 11.3 Å². The minimum Gasteiger partial charge on any atom is -0.356 e. The number of thiazole rings is 1. The second kappa shape index (κ2) is 9.43. The molecule has 1 aromatic heterocycles. The van der Waals surface area contributed by atoms with E-state index in [4.69, 9.17) is 4.98 Å². The van der Waals surface area contributed by atoms with Crippen LogP contribution in [0, 0.1) is 19.8 Å². The summed E-state index contributed by atoms with van der Waals surface area (Å²) in [5.41, 5.74) is 3.63. The first-order chi connectivity index (χ1) is 14.1. The number of aryl methyl sites for hydroxylation is 2. The molecule has 0 aliphatic carbocycles. The van der Waals surface area contributed by atoms with Crippen LogP contribution in [0.25, 0.3) is 10.2 Å². The third kappa shape index (κ3) is 5.10. The molecule has 0 bridgehead atoms. The second-order valence-electron chi connectivity index (χ2n) is 8.76. The van der Waals surface area contributed by atoms with Gasteiger partial charge in [-0.3, -0.25) is 4.79 Å². The summed E-state index contributed by atoms with van der Waals surface area (Å²) in [6, 6.07) is 4.42. The van der Waals surface area contributed by atoms with Crippen molar-refractivity contribution < 1.29 is 4.79 Å². The minimum atomic E-state index is 0.0774. The van der Waals surface area contributed by atoms with E-state index in [2.05, 4.69) is 41.1 Å². The highest BCUT2D eigenvalue weighted by Crippen LogP contribution is 2.33. The van der Waals surface area contributed by atoms with Crippen LogP contribution in [0.5, 0.6) is 0 Å². The number of anilines is 1. The molecule has 0 spiro atoms. The predicted octanol–water partition coefficient (Wildman–Crippen LogP) is 4.12. The first kappa shape index (κ1) is 20.6. The largest absolute Gasteiger partial charge is 0.356 e. The number of hydrogen-bond donors (Lipinski definition) is 1. The van der Waals surface area contributed by atoms with E-state index in [9.17, 15) is 4.79 Å². The molecule has 5 nitrogen and oxygen atoms in total. The van der Waals surface area contributed by atoms with E-state index in [0.29, 0.717) is 0 Å². The zero-order valence-corrected chi connectivity index (χ0v) is 18.7. The van der Waals surface area contributed by atoms with Gasteiger partial charge in [-0.25, -0.2) is 4.98 Å². The zero-order chi connectivity index (χ0) is 20.2. The number of aromatic nitrogens is 1. The van der Waals surface area contributed by atoms with Crippen LogP contribution in [0.15, 0.2) is 12.1 Å². The number of nitrogens with zero attached hydrogens (tertiary/aromatic N) is 3. The van der Waals surface area contributed by atoms with Crippen LogP contribution < -0.4 is 10.2 Å². The summed E-state index contributed by atoms with van der Waals surface area (Å²) >= 11 is 1.76. The summed E-state index contributed by atoms with van der Waals surface area (Å²) in [7, 11) is 0. The summed E-state index contributed by atoms with van der Waals surface area (Å²) in [5.74, 6) is 0.301. The molecule has 0 radical (unpaired) electrons. The van der Waals surface area contributed by atoms with Crippen LogP contribution in [0.4, 0.5) is 5.13 Å². The molecule has 1 aromatic carbocycles. The van der Waals surface area contributed by atoms with Gasteiger partial charge in [-0.1, -0.05) is 23.8 Å². The van der Waals surface area contributed by atoms with E-state index in [1.165, 1.54) is 48.2 Å². The van der Waals surface area contributed by atoms with E-state index in [-0.39, 0.29) is 11.8 Å². The van der Waals surface area contributed by atoms with Crippen LogP contribution >= 0.6 is 11.3 Å². The number of carbonyl (C=O) groups is 1. The first-order valence-corrected chi connectivity index (χ1v) is 12.0. The number of benzene rings is 1. The summed E-state index contributed by atoms with van der Waals surface area (Å²) in [6.45, 7) is 10.4. The Hall–Kier alpha value is -1.66. The maximum absolute atomic E-state index is 12.7. The summed E-state index contributed by atoms with van der Waals surface area (Å²) in [4.78, 5) is 22.5. The predicted molar refractivity (Wildman–Crippen MR) is 122 cm³/mol. The lowest BCUT2D eigenvalue weighted by atomic mass is 9.97. The molecule has 158 valence electrons. The number of rotatable bonds is 6. The molecular weight excluding hydrogens is 380 g/mol. The molecule has 2 fully saturated rings. The van der Waals surface area contributed by atoms with Crippen molar-refractivity contribution >= 4 is 32.6 Å². The highest BCUT2D eigenvalue weighted by Gasteiger charge is 2.27. The van der Waals surface area contributed by atoms with Gasteiger partial charge in [0.25, 0.3) is 0 Å². The summed E-state index contributed by atoms with van der Waals surface area (Å²) in [6.07, 6.45) is 7.12. The number of piperidine rings is 2. The molecule has 1 unspecified atom stereocenters. The van der Waals surface area contributed by atoms with Crippen molar-refractivity contribution in [1.29, 1.82) is 0 Å². The first-order valence-electron chi connectivity index (χ1n) is 11.2. The fourth-order valence-electron chi connectivity index (χ4n) is 4.70. The van der Waals surface area contributed by atoms with Crippen LogP contribution in [0.3, 0.4) is 0 Å².